The van der Waals surface area contributed by atoms with Crippen LogP contribution in [0.2, 0.25) is 0 Å². The summed E-state index contributed by atoms with van der Waals surface area (Å²) in [6, 6.07) is 13.3. The van der Waals surface area contributed by atoms with E-state index in [0.717, 1.165) is 0 Å². The predicted molar refractivity (Wildman–Crippen MR) is 126 cm³/mol. The fraction of sp³-hybridized carbons (Fsp3) is 0.269. The summed E-state index contributed by atoms with van der Waals surface area (Å²) in [5, 5.41) is 12.9. The highest BCUT2D eigenvalue weighted by Crippen LogP contribution is 2.32. The highest BCUT2D eigenvalue weighted by Gasteiger charge is 2.31. The zero-order valence-corrected chi connectivity index (χ0v) is 18.8. The Balaban J connectivity index is 2.02. The number of carbonyl (C=O) groups is 1. The van der Waals surface area contributed by atoms with E-state index in [-0.39, 0.29) is 25.0 Å². The molecule has 0 heterocycles. The SMILES string of the molecule is [N-]=[N+]=N[C@H](C(=O)Cc1cccc(F)c1CC[C@H](N)CO)C(c1cccc(F)c1)c1cccc(F)c1. The van der Waals surface area contributed by atoms with Crippen LogP contribution in [-0.2, 0) is 17.6 Å². The van der Waals surface area contributed by atoms with Gasteiger partial charge in [-0.05, 0) is 71.0 Å². The highest BCUT2D eigenvalue weighted by molar-refractivity contribution is 5.88. The third kappa shape index (κ3) is 6.70. The molecular formula is C26H25F3N4O2. The van der Waals surface area contributed by atoms with Gasteiger partial charge >= 0.3 is 0 Å². The molecule has 35 heavy (non-hydrogen) atoms. The third-order valence-corrected chi connectivity index (χ3v) is 5.82. The molecule has 3 rings (SSSR count). The number of rotatable bonds is 11. The molecular weight excluding hydrogens is 457 g/mol. The van der Waals surface area contributed by atoms with Crippen molar-refractivity contribution in [3.8, 4) is 0 Å². The number of hydrogen-bond acceptors (Lipinski definition) is 4. The van der Waals surface area contributed by atoms with Crippen LogP contribution in [0.4, 0.5) is 13.2 Å². The van der Waals surface area contributed by atoms with E-state index in [1.165, 1.54) is 48.5 Å². The topological polar surface area (TPSA) is 112 Å². The van der Waals surface area contributed by atoms with Crippen molar-refractivity contribution < 1.29 is 23.1 Å². The van der Waals surface area contributed by atoms with Crippen LogP contribution >= 0.6 is 0 Å². The quantitative estimate of drug-likeness (QED) is 0.228. The molecule has 0 spiro atoms. The van der Waals surface area contributed by atoms with E-state index < -0.39 is 41.2 Å². The monoisotopic (exact) mass is 482 g/mol. The molecule has 0 radical (unpaired) electrons. The average molecular weight is 483 g/mol. The summed E-state index contributed by atoms with van der Waals surface area (Å²) >= 11 is 0. The normalized spacial score (nSPS) is 12.7. The molecule has 0 aliphatic heterocycles. The summed E-state index contributed by atoms with van der Waals surface area (Å²) < 4.78 is 42.7. The number of nitrogens with two attached hydrogens (primary N) is 1. The van der Waals surface area contributed by atoms with Crippen LogP contribution in [0.3, 0.4) is 0 Å². The predicted octanol–water partition coefficient (Wildman–Crippen LogP) is 4.98. The number of benzene rings is 3. The summed E-state index contributed by atoms with van der Waals surface area (Å²) in [7, 11) is 0. The fourth-order valence-corrected chi connectivity index (χ4v) is 4.09. The number of ketones is 1. The second-order valence-electron chi connectivity index (χ2n) is 8.24. The van der Waals surface area contributed by atoms with Gasteiger partial charge in [0.1, 0.15) is 29.3 Å². The van der Waals surface area contributed by atoms with Gasteiger partial charge in [0.15, 0.2) is 0 Å². The molecule has 0 aliphatic carbocycles. The van der Waals surface area contributed by atoms with Gasteiger partial charge in [0.05, 0.1) is 6.61 Å². The first-order valence-corrected chi connectivity index (χ1v) is 11.0. The molecule has 0 aromatic heterocycles. The Morgan fingerprint density at radius 1 is 1.00 bits per heavy atom. The van der Waals surface area contributed by atoms with Crippen molar-refractivity contribution >= 4 is 5.78 Å². The standard InChI is InChI=1S/C26H25F3N4O2/c27-19-7-1-5-17(12-19)25(18-6-2-8-20(28)13-18)26(32-33-31)24(35)14-16-4-3-9-23(29)22(16)11-10-21(30)15-34/h1-9,12-13,21,25-26,34H,10-11,14-15,30H2/t21-,26+/m0/s1. The van der Waals surface area contributed by atoms with E-state index in [2.05, 4.69) is 10.0 Å². The number of nitrogens with zero attached hydrogens (tertiary/aromatic N) is 3. The number of aliphatic hydroxyl groups is 1. The Hall–Kier alpha value is -3.65. The molecule has 6 nitrogen and oxygen atoms in total. The number of azide groups is 1. The van der Waals surface area contributed by atoms with Gasteiger partial charge in [-0.25, -0.2) is 13.2 Å². The Morgan fingerprint density at radius 3 is 2.14 bits per heavy atom. The Labute approximate surface area is 200 Å². The minimum absolute atomic E-state index is 0.195. The van der Waals surface area contributed by atoms with Crippen molar-refractivity contribution in [1.82, 2.24) is 0 Å². The van der Waals surface area contributed by atoms with Crippen LogP contribution < -0.4 is 5.73 Å². The zero-order chi connectivity index (χ0) is 25.4. The number of aliphatic hydroxyl groups excluding tert-OH is 1. The maximum Gasteiger partial charge on any atom is 0.147 e. The Kier molecular flexibility index (Phi) is 9.03. The van der Waals surface area contributed by atoms with Gasteiger partial charge in [-0.2, -0.15) is 0 Å². The van der Waals surface area contributed by atoms with E-state index in [0.29, 0.717) is 23.1 Å². The van der Waals surface area contributed by atoms with E-state index >= 15 is 0 Å². The number of hydrogen-bond donors (Lipinski definition) is 2. The van der Waals surface area contributed by atoms with Gasteiger partial charge in [0, 0.05) is 23.3 Å². The first-order valence-electron chi connectivity index (χ1n) is 11.0. The minimum Gasteiger partial charge on any atom is -0.395 e. The van der Waals surface area contributed by atoms with Crippen molar-refractivity contribution in [2.45, 2.75) is 37.3 Å². The minimum atomic E-state index is -1.35. The second kappa shape index (κ2) is 12.2. The van der Waals surface area contributed by atoms with Crippen LogP contribution in [-0.4, -0.2) is 29.6 Å². The van der Waals surface area contributed by atoms with E-state index in [9.17, 15) is 28.6 Å². The molecule has 3 aromatic carbocycles. The van der Waals surface area contributed by atoms with Crippen molar-refractivity contribution in [3.63, 3.8) is 0 Å². The van der Waals surface area contributed by atoms with Crippen LogP contribution in [0.1, 0.15) is 34.6 Å². The zero-order valence-electron chi connectivity index (χ0n) is 18.8. The lowest BCUT2D eigenvalue weighted by Crippen LogP contribution is -2.29. The molecule has 0 amide bonds. The molecule has 0 saturated heterocycles. The summed E-state index contributed by atoms with van der Waals surface area (Å²) in [6.45, 7) is -0.259. The number of Topliss-reactive ketones (excluding diaryl/α,β-unsaturated/α-hetero) is 1. The maximum absolute atomic E-state index is 14.6. The molecule has 0 bridgehead atoms. The lowest BCUT2D eigenvalue weighted by atomic mass is 9.81. The third-order valence-electron chi connectivity index (χ3n) is 5.82. The van der Waals surface area contributed by atoms with Crippen molar-refractivity contribution in [1.29, 1.82) is 0 Å². The fourth-order valence-electron chi connectivity index (χ4n) is 4.09. The molecule has 3 aromatic rings. The molecule has 182 valence electrons. The van der Waals surface area contributed by atoms with Gasteiger partial charge in [0.25, 0.3) is 0 Å². The van der Waals surface area contributed by atoms with E-state index in [1.54, 1.807) is 18.2 Å². The largest absolute Gasteiger partial charge is 0.395 e. The first-order chi connectivity index (χ1) is 16.8. The molecule has 0 aliphatic rings. The second-order valence-corrected chi connectivity index (χ2v) is 8.24. The summed E-state index contributed by atoms with van der Waals surface area (Å²) in [4.78, 5) is 16.3. The molecule has 0 unspecified atom stereocenters. The van der Waals surface area contributed by atoms with Crippen LogP contribution in [0.15, 0.2) is 71.8 Å². The van der Waals surface area contributed by atoms with Gasteiger partial charge in [0.2, 0.25) is 0 Å². The maximum atomic E-state index is 14.6. The van der Waals surface area contributed by atoms with Gasteiger partial charge in [-0.15, -0.1) is 0 Å². The first kappa shape index (κ1) is 26.0. The van der Waals surface area contributed by atoms with Gasteiger partial charge in [-0.1, -0.05) is 41.5 Å². The summed E-state index contributed by atoms with van der Waals surface area (Å²) in [5.74, 6) is -3.16. The average Bonchev–Trinajstić information content (AvgIpc) is 2.83. The van der Waals surface area contributed by atoms with Gasteiger partial charge < -0.3 is 10.8 Å². The summed E-state index contributed by atoms with van der Waals surface area (Å²) in [6.07, 6.45) is 0.223. The van der Waals surface area contributed by atoms with Crippen LogP contribution in [0.5, 0.6) is 0 Å². The lowest BCUT2D eigenvalue weighted by Gasteiger charge is -2.24. The number of halogens is 3. The van der Waals surface area contributed by atoms with Crippen molar-refractivity contribution in [3.05, 3.63) is 117 Å². The highest BCUT2D eigenvalue weighted by atomic mass is 19.1. The smallest absolute Gasteiger partial charge is 0.147 e. The molecule has 3 N–H and O–H groups in total. The van der Waals surface area contributed by atoms with Crippen LogP contribution in [0, 0.1) is 17.5 Å². The van der Waals surface area contributed by atoms with E-state index in [1.807, 2.05) is 0 Å². The van der Waals surface area contributed by atoms with Crippen molar-refractivity contribution in [2.24, 2.45) is 10.8 Å². The molecule has 9 heteroatoms. The Morgan fingerprint density at radius 2 is 1.60 bits per heavy atom. The molecule has 0 fully saturated rings. The summed E-state index contributed by atoms with van der Waals surface area (Å²) in [5.41, 5.74) is 16.3. The van der Waals surface area contributed by atoms with E-state index in [4.69, 9.17) is 5.73 Å². The Bertz CT molecular complexity index is 1190. The molecule has 2 atom stereocenters. The van der Waals surface area contributed by atoms with Crippen LogP contribution in [0.25, 0.3) is 10.4 Å². The lowest BCUT2D eigenvalue weighted by molar-refractivity contribution is -0.119. The van der Waals surface area contributed by atoms with Crippen molar-refractivity contribution in [2.75, 3.05) is 6.61 Å². The van der Waals surface area contributed by atoms with Gasteiger partial charge in [-0.3, -0.25) is 4.79 Å². The number of carbonyl (C=O) groups excluding carboxylic acids is 1. The molecule has 0 saturated carbocycles.